The summed E-state index contributed by atoms with van der Waals surface area (Å²) in [5.41, 5.74) is 2.46. The standard InChI is InChI=1S/C18H21N5O/c1-12-9-14(11-19)10-13(2)17(12)24-16-5-8-21-18(23-16)22-15-3-6-20-7-4-15/h5,8-10,15,20H,3-4,6-7H2,1-2H3,(H,21,22,23). The van der Waals surface area contributed by atoms with Crippen LogP contribution in [0.5, 0.6) is 11.6 Å². The van der Waals surface area contributed by atoms with E-state index in [0.717, 1.165) is 42.8 Å². The van der Waals surface area contributed by atoms with Crippen molar-refractivity contribution in [2.45, 2.75) is 32.7 Å². The summed E-state index contributed by atoms with van der Waals surface area (Å²) in [7, 11) is 0. The fourth-order valence-corrected chi connectivity index (χ4v) is 2.90. The first-order valence-electron chi connectivity index (χ1n) is 8.15. The Morgan fingerprint density at radius 1 is 1.25 bits per heavy atom. The van der Waals surface area contributed by atoms with Gasteiger partial charge in [-0.3, -0.25) is 0 Å². The number of anilines is 1. The number of nitriles is 1. The highest BCUT2D eigenvalue weighted by atomic mass is 16.5. The summed E-state index contributed by atoms with van der Waals surface area (Å²) in [6, 6.07) is 7.92. The molecule has 0 bridgehead atoms. The van der Waals surface area contributed by atoms with Crippen LogP contribution in [-0.2, 0) is 0 Å². The van der Waals surface area contributed by atoms with Crippen LogP contribution in [0.1, 0.15) is 29.5 Å². The molecule has 1 aromatic heterocycles. The van der Waals surface area contributed by atoms with E-state index in [1.54, 1.807) is 12.3 Å². The number of rotatable bonds is 4. The molecule has 2 aromatic rings. The van der Waals surface area contributed by atoms with Crippen molar-refractivity contribution in [3.8, 4) is 17.7 Å². The second kappa shape index (κ2) is 7.28. The number of benzene rings is 1. The van der Waals surface area contributed by atoms with Gasteiger partial charge in [0.2, 0.25) is 11.8 Å². The summed E-state index contributed by atoms with van der Waals surface area (Å²) in [5, 5.41) is 15.7. The second-order valence-corrected chi connectivity index (χ2v) is 6.04. The van der Waals surface area contributed by atoms with Crippen molar-refractivity contribution in [2.24, 2.45) is 0 Å². The monoisotopic (exact) mass is 323 g/mol. The van der Waals surface area contributed by atoms with Crippen LogP contribution in [0.2, 0.25) is 0 Å². The van der Waals surface area contributed by atoms with Crippen molar-refractivity contribution in [1.29, 1.82) is 5.26 Å². The molecule has 0 atom stereocenters. The number of piperidine rings is 1. The van der Waals surface area contributed by atoms with Crippen LogP contribution >= 0.6 is 0 Å². The molecule has 2 heterocycles. The fourth-order valence-electron chi connectivity index (χ4n) is 2.90. The molecular weight excluding hydrogens is 302 g/mol. The third-order valence-corrected chi connectivity index (χ3v) is 4.10. The summed E-state index contributed by atoms with van der Waals surface area (Å²) in [6.45, 7) is 5.88. The maximum atomic E-state index is 9.04. The largest absolute Gasteiger partial charge is 0.438 e. The first kappa shape index (κ1) is 16.2. The first-order valence-corrected chi connectivity index (χ1v) is 8.15. The highest BCUT2D eigenvalue weighted by molar-refractivity contribution is 5.48. The normalized spacial score (nSPS) is 14.9. The van der Waals surface area contributed by atoms with Crippen LogP contribution < -0.4 is 15.4 Å². The average Bonchev–Trinajstić information content (AvgIpc) is 2.59. The van der Waals surface area contributed by atoms with Crippen molar-refractivity contribution < 1.29 is 4.74 Å². The van der Waals surface area contributed by atoms with Gasteiger partial charge in [-0.1, -0.05) is 0 Å². The van der Waals surface area contributed by atoms with Crippen molar-refractivity contribution >= 4 is 5.95 Å². The molecule has 1 aliphatic heterocycles. The molecule has 0 saturated carbocycles. The molecule has 6 heteroatoms. The lowest BCUT2D eigenvalue weighted by Crippen LogP contribution is -2.35. The zero-order valence-corrected chi connectivity index (χ0v) is 14.0. The number of nitrogens with one attached hydrogen (secondary N) is 2. The molecule has 0 aliphatic carbocycles. The number of aryl methyl sites for hydroxylation is 2. The predicted octanol–water partition coefficient (Wildman–Crippen LogP) is 2.92. The molecule has 1 saturated heterocycles. The van der Waals surface area contributed by atoms with Crippen LogP contribution in [0, 0.1) is 25.2 Å². The van der Waals surface area contributed by atoms with Gasteiger partial charge in [-0.15, -0.1) is 0 Å². The van der Waals surface area contributed by atoms with Gasteiger partial charge in [0, 0.05) is 18.3 Å². The van der Waals surface area contributed by atoms with Crippen LogP contribution in [0.25, 0.3) is 0 Å². The van der Waals surface area contributed by atoms with E-state index in [1.165, 1.54) is 0 Å². The topological polar surface area (TPSA) is 82.9 Å². The van der Waals surface area contributed by atoms with E-state index < -0.39 is 0 Å². The Morgan fingerprint density at radius 3 is 2.62 bits per heavy atom. The Hall–Kier alpha value is -2.65. The quantitative estimate of drug-likeness (QED) is 0.900. The van der Waals surface area contributed by atoms with E-state index in [4.69, 9.17) is 10.00 Å². The highest BCUT2D eigenvalue weighted by Crippen LogP contribution is 2.29. The molecule has 0 spiro atoms. The second-order valence-electron chi connectivity index (χ2n) is 6.04. The van der Waals surface area contributed by atoms with Crippen molar-refractivity contribution in [3.05, 3.63) is 41.1 Å². The predicted molar refractivity (Wildman–Crippen MR) is 92.3 cm³/mol. The van der Waals surface area contributed by atoms with Crippen LogP contribution in [0.4, 0.5) is 5.95 Å². The van der Waals surface area contributed by atoms with Crippen LogP contribution in [0.3, 0.4) is 0 Å². The molecule has 1 aliphatic rings. The van der Waals surface area contributed by atoms with Gasteiger partial charge in [-0.2, -0.15) is 10.2 Å². The van der Waals surface area contributed by atoms with Gasteiger partial charge in [0.25, 0.3) is 0 Å². The Labute approximate surface area is 141 Å². The number of nitrogens with zero attached hydrogens (tertiary/aromatic N) is 3. The van der Waals surface area contributed by atoms with Gasteiger partial charge < -0.3 is 15.4 Å². The molecule has 0 amide bonds. The third-order valence-electron chi connectivity index (χ3n) is 4.10. The zero-order valence-electron chi connectivity index (χ0n) is 14.0. The van der Waals surface area contributed by atoms with E-state index in [2.05, 4.69) is 26.7 Å². The Kier molecular flexibility index (Phi) is 4.92. The van der Waals surface area contributed by atoms with Gasteiger partial charge in [-0.05, 0) is 63.0 Å². The average molecular weight is 323 g/mol. The molecule has 1 aromatic carbocycles. The molecule has 124 valence electrons. The highest BCUT2D eigenvalue weighted by Gasteiger charge is 2.14. The van der Waals surface area contributed by atoms with Crippen molar-refractivity contribution in [3.63, 3.8) is 0 Å². The minimum absolute atomic E-state index is 0.389. The Morgan fingerprint density at radius 2 is 1.96 bits per heavy atom. The van der Waals surface area contributed by atoms with Crippen LogP contribution in [-0.4, -0.2) is 29.1 Å². The lowest BCUT2D eigenvalue weighted by molar-refractivity contribution is 0.452. The molecule has 1 fully saturated rings. The molecule has 0 radical (unpaired) electrons. The summed E-state index contributed by atoms with van der Waals surface area (Å²) in [6.07, 6.45) is 3.81. The minimum atomic E-state index is 0.389. The summed E-state index contributed by atoms with van der Waals surface area (Å²) < 4.78 is 5.96. The van der Waals surface area contributed by atoms with E-state index in [9.17, 15) is 0 Å². The van der Waals surface area contributed by atoms with E-state index in [1.807, 2.05) is 26.0 Å². The van der Waals surface area contributed by atoms with Crippen LogP contribution in [0.15, 0.2) is 24.4 Å². The lowest BCUT2D eigenvalue weighted by Gasteiger charge is -2.23. The van der Waals surface area contributed by atoms with Gasteiger partial charge >= 0.3 is 0 Å². The smallest absolute Gasteiger partial charge is 0.226 e. The number of aromatic nitrogens is 2. The molecular formula is C18H21N5O. The maximum Gasteiger partial charge on any atom is 0.226 e. The van der Waals surface area contributed by atoms with Gasteiger partial charge in [0.15, 0.2) is 0 Å². The Balaban J connectivity index is 1.76. The first-order chi connectivity index (χ1) is 11.7. The minimum Gasteiger partial charge on any atom is -0.438 e. The molecule has 3 rings (SSSR count). The number of hydrogen-bond acceptors (Lipinski definition) is 6. The lowest BCUT2D eigenvalue weighted by atomic mass is 10.1. The summed E-state index contributed by atoms with van der Waals surface area (Å²) >= 11 is 0. The van der Waals surface area contributed by atoms with Crippen molar-refractivity contribution in [1.82, 2.24) is 15.3 Å². The van der Waals surface area contributed by atoms with E-state index >= 15 is 0 Å². The van der Waals surface area contributed by atoms with Gasteiger partial charge in [-0.25, -0.2) is 4.98 Å². The zero-order chi connectivity index (χ0) is 16.9. The molecule has 6 nitrogen and oxygen atoms in total. The Bertz CT molecular complexity index is 739. The van der Waals surface area contributed by atoms with E-state index in [-0.39, 0.29) is 0 Å². The third kappa shape index (κ3) is 3.81. The number of hydrogen-bond donors (Lipinski definition) is 2. The van der Waals surface area contributed by atoms with Gasteiger partial charge in [0.05, 0.1) is 11.6 Å². The molecule has 0 unspecified atom stereocenters. The SMILES string of the molecule is Cc1cc(C#N)cc(C)c1Oc1ccnc(NC2CCNCC2)n1. The molecule has 24 heavy (non-hydrogen) atoms. The summed E-state index contributed by atoms with van der Waals surface area (Å²) in [5.74, 6) is 1.82. The van der Waals surface area contributed by atoms with Gasteiger partial charge in [0.1, 0.15) is 5.75 Å². The van der Waals surface area contributed by atoms with E-state index in [0.29, 0.717) is 23.4 Å². The molecule has 2 N–H and O–H groups in total. The van der Waals surface area contributed by atoms with Crippen molar-refractivity contribution in [2.75, 3.05) is 18.4 Å². The number of ether oxygens (including phenoxy) is 1. The summed E-state index contributed by atoms with van der Waals surface area (Å²) in [4.78, 5) is 8.74. The fraction of sp³-hybridized carbons (Fsp3) is 0.389. The maximum absolute atomic E-state index is 9.04.